The Bertz CT molecular complexity index is 918. The molecule has 1 unspecified atom stereocenters. The average molecular weight is 461 g/mol. The van der Waals surface area contributed by atoms with Crippen molar-refractivity contribution in [3.05, 3.63) is 34.9 Å². The van der Waals surface area contributed by atoms with E-state index >= 15 is 0 Å². The van der Waals surface area contributed by atoms with Crippen LogP contribution in [0.25, 0.3) is 0 Å². The Balaban J connectivity index is 1.61. The van der Waals surface area contributed by atoms with Gasteiger partial charge in [0.25, 0.3) is 0 Å². The highest BCUT2D eigenvalue weighted by atomic mass is 35.5. The van der Waals surface area contributed by atoms with Crippen LogP contribution in [-0.4, -0.2) is 47.7 Å². The third kappa shape index (κ3) is 5.66. The number of nitrogens with one attached hydrogen (secondary N) is 1. The van der Waals surface area contributed by atoms with Gasteiger partial charge in [-0.15, -0.1) is 10.2 Å². The molecule has 3 rings (SSSR count). The first kappa shape index (κ1) is 21.5. The fraction of sp³-hybridized carbons (Fsp3) is 0.471. The number of nitrogens with zero attached hydrogens (tertiary/aromatic N) is 3. The van der Waals surface area contributed by atoms with E-state index in [1.165, 1.54) is 15.6 Å². The van der Waals surface area contributed by atoms with Crippen molar-refractivity contribution >= 4 is 55.8 Å². The van der Waals surface area contributed by atoms with Gasteiger partial charge in [0.2, 0.25) is 21.1 Å². The van der Waals surface area contributed by atoms with Crippen LogP contribution in [0, 0.1) is 5.92 Å². The SMILES string of the molecule is CCSc1nnc(NC(=O)C2CCCN(S(=O)(=O)Cc3ccc(Cl)cc3)C2)s1. The Morgan fingerprint density at radius 3 is 2.82 bits per heavy atom. The van der Waals surface area contributed by atoms with Gasteiger partial charge in [0.05, 0.1) is 11.7 Å². The van der Waals surface area contributed by atoms with E-state index in [0.717, 1.165) is 10.1 Å². The number of carbonyl (C=O) groups is 1. The summed E-state index contributed by atoms with van der Waals surface area (Å²) in [5.74, 6) is 0.161. The molecule has 2 aromatic rings. The maximum Gasteiger partial charge on any atom is 0.230 e. The maximum absolute atomic E-state index is 12.8. The van der Waals surface area contributed by atoms with E-state index in [2.05, 4.69) is 15.5 Å². The summed E-state index contributed by atoms with van der Waals surface area (Å²) < 4.78 is 27.8. The number of hydrogen-bond donors (Lipinski definition) is 1. The molecule has 0 spiro atoms. The Morgan fingerprint density at radius 1 is 1.36 bits per heavy atom. The highest BCUT2D eigenvalue weighted by Gasteiger charge is 2.32. The highest BCUT2D eigenvalue weighted by Crippen LogP contribution is 2.27. The summed E-state index contributed by atoms with van der Waals surface area (Å²) in [4.78, 5) is 12.6. The molecule has 0 radical (unpaired) electrons. The number of amides is 1. The molecule has 11 heteroatoms. The van der Waals surface area contributed by atoms with Crippen molar-refractivity contribution in [2.45, 2.75) is 29.9 Å². The van der Waals surface area contributed by atoms with E-state index in [1.807, 2.05) is 6.92 Å². The molecule has 1 aromatic heterocycles. The zero-order chi connectivity index (χ0) is 20.1. The number of aromatic nitrogens is 2. The number of benzene rings is 1. The molecule has 7 nitrogen and oxygen atoms in total. The molecule has 1 amide bonds. The highest BCUT2D eigenvalue weighted by molar-refractivity contribution is 8.01. The fourth-order valence-corrected chi connectivity index (χ4v) is 6.33. The molecular formula is C17H21ClN4O3S3. The normalized spacial score (nSPS) is 18.1. The largest absolute Gasteiger partial charge is 0.300 e. The minimum Gasteiger partial charge on any atom is -0.300 e. The summed E-state index contributed by atoms with van der Waals surface area (Å²) in [6.07, 6.45) is 1.29. The minimum atomic E-state index is -3.51. The third-order valence-electron chi connectivity index (χ3n) is 4.32. The zero-order valence-electron chi connectivity index (χ0n) is 15.3. The van der Waals surface area contributed by atoms with Crippen LogP contribution in [0.15, 0.2) is 28.6 Å². The molecule has 0 saturated carbocycles. The number of carbonyl (C=O) groups excluding carboxylic acids is 1. The maximum atomic E-state index is 12.8. The van der Waals surface area contributed by atoms with Gasteiger partial charge in [-0.1, -0.05) is 53.8 Å². The van der Waals surface area contributed by atoms with Crippen LogP contribution in [0.2, 0.25) is 5.02 Å². The van der Waals surface area contributed by atoms with Gasteiger partial charge in [-0.05, 0) is 36.3 Å². The van der Waals surface area contributed by atoms with Crippen molar-refractivity contribution in [2.75, 3.05) is 24.2 Å². The molecule has 1 fully saturated rings. The molecule has 1 atom stereocenters. The summed E-state index contributed by atoms with van der Waals surface area (Å²) in [7, 11) is -3.51. The fourth-order valence-electron chi connectivity index (χ4n) is 2.94. The van der Waals surface area contributed by atoms with Gasteiger partial charge in [0, 0.05) is 18.1 Å². The van der Waals surface area contributed by atoms with E-state index in [1.54, 1.807) is 36.0 Å². The number of anilines is 1. The van der Waals surface area contributed by atoms with Crippen molar-refractivity contribution in [2.24, 2.45) is 5.92 Å². The molecule has 1 N–H and O–H groups in total. The molecule has 0 aliphatic carbocycles. The predicted molar refractivity (Wildman–Crippen MR) is 113 cm³/mol. The van der Waals surface area contributed by atoms with Crippen molar-refractivity contribution in [3.63, 3.8) is 0 Å². The first-order chi connectivity index (χ1) is 13.4. The number of piperidine rings is 1. The lowest BCUT2D eigenvalue weighted by Gasteiger charge is -2.31. The number of sulfonamides is 1. The quantitative estimate of drug-likeness (QED) is 0.502. The summed E-state index contributed by atoms with van der Waals surface area (Å²) >= 11 is 8.74. The van der Waals surface area contributed by atoms with Gasteiger partial charge in [0.1, 0.15) is 0 Å². The lowest BCUT2D eigenvalue weighted by molar-refractivity contribution is -0.120. The molecule has 2 heterocycles. The summed E-state index contributed by atoms with van der Waals surface area (Å²) in [6, 6.07) is 6.75. The molecule has 1 saturated heterocycles. The Morgan fingerprint density at radius 2 is 2.11 bits per heavy atom. The Kier molecular flexibility index (Phi) is 7.32. The summed E-state index contributed by atoms with van der Waals surface area (Å²) in [6.45, 7) is 2.62. The van der Waals surface area contributed by atoms with Crippen LogP contribution in [-0.2, 0) is 20.6 Å². The molecule has 1 aliphatic heterocycles. The van der Waals surface area contributed by atoms with E-state index in [0.29, 0.717) is 35.1 Å². The van der Waals surface area contributed by atoms with Gasteiger partial charge in [-0.2, -0.15) is 0 Å². The lowest BCUT2D eigenvalue weighted by atomic mass is 9.99. The average Bonchev–Trinajstić information content (AvgIpc) is 3.11. The number of thioether (sulfide) groups is 1. The second kappa shape index (κ2) is 9.53. The van der Waals surface area contributed by atoms with Crippen molar-refractivity contribution in [1.29, 1.82) is 0 Å². The smallest absolute Gasteiger partial charge is 0.230 e. The van der Waals surface area contributed by atoms with Gasteiger partial charge in [-0.3, -0.25) is 4.79 Å². The Hall–Kier alpha value is -1.20. The van der Waals surface area contributed by atoms with Crippen molar-refractivity contribution in [3.8, 4) is 0 Å². The van der Waals surface area contributed by atoms with Gasteiger partial charge in [-0.25, -0.2) is 12.7 Å². The van der Waals surface area contributed by atoms with Crippen LogP contribution in [0.4, 0.5) is 5.13 Å². The van der Waals surface area contributed by atoms with E-state index in [-0.39, 0.29) is 18.2 Å². The van der Waals surface area contributed by atoms with Crippen molar-refractivity contribution < 1.29 is 13.2 Å². The van der Waals surface area contributed by atoms with E-state index in [9.17, 15) is 13.2 Å². The monoisotopic (exact) mass is 460 g/mol. The lowest BCUT2D eigenvalue weighted by Crippen LogP contribution is -2.44. The van der Waals surface area contributed by atoms with Gasteiger partial charge in [0.15, 0.2) is 4.34 Å². The minimum absolute atomic E-state index is 0.105. The van der Waals surface area contributed by atoms with E-state index < -0.39 is 15.9 Å². The predicted octanol–water partition coefficient (Wildman–Crippen LogP) is 3.48. The first-order valence-electron chi connectivity index (χ1n) is 8.87. The Labute approximate surface area is 177 Å². The number of rotatable bonds is 7. The topological polar surface area (TPSA) is 92.3 Å². The summed E-state index contributed by atoms with van der Waals surface area (Å²) in [5, 5.41) is 11.8. The molecule has 1 aromatic carbocycles. The molecule has 28 heavy (non-hydrogen) atoms. The van der Waals surface area contributed by atoms with E-state index in [4.69, 9.17) is 11.6 Å². The zero-order valence-corrected chi connectivity index (χ0v) is 18.5. The molecule has 1 aliphatic rings. The molecular weight excluding hydrogens is 440 g/mol. The van der Waals surface area contributed by atoms with Crippen molar-refractivity contribution in [1.82, 2.24) is 14.5 Å². The molecule has 0 bridgehead atoms. The molecule has 152 valence electrons. The van der Waals surface area contributed by atoms with Crippen LogP contribution >= 0.6 is 34.7 Å². The first-order valence-corrected chi connectivity index (χ1v) is 12.7. The number of hydrogen-bond acceptors (Lipinski definition) is 7. The van der Waals surface area contributed by atoms with Gasteiger partial charge >= 0.3 is 0 Å². The standard InChI is InChI=1S/C17H21ClN4O3S3/c1-2-26-17-21-20-16(27-17)19-15(23)13-4-3-9-22(10-13)28(24,25)11-12-5-7-14(18)8-6-12/h5-8,13H,2-4,9-11H2,1H3,(H,19,20,23). The third-order valence-corrected chi connectivity index (χ3v) is 8.24. The van der Waals surface area contributed by atoms with Crippen LogP contribution < -0.4 is 5.32 Å². The van der Waals surface area contributed by atoms with Crippen LogP contribution in [0.5, 0.6) is 0 Å². The van der Waals surface area contributed by atoms with Crippen LogP contribution in [0.1, 0.15) is 25.3 Å². The van der Waals surface area contributed by atoms with Gasteiger partial charge < -0.3 is 5.32 Å². The summed E-state index contributed by atoms with van der Waals surface area (Å²) in [5.41, 5.74) is 0.672. The number of halogens is 1. The second-order valence-electron chi connectivity index (χ2n) is 6.38. The second-order valence-corrected chi connectivity index (χ2v) is 11.3. The van der Waals surface area contributed by atoms with Crippen LogP contribution in [0.3, 0.4) is 0 Å².